The minimum Gasteiger partial charge on any atom is -0.396 e. The summed E-state index contributed by atoms with van der Waals surface area (Å²) in [5.74, 6) is 0. The fourth-order valence-corrected chi connectivity index (χ4v) is 1.73. The van der Waals surface area contributed by atoms with Gasteiger partial charge in [-0.1, -0.05) is 0 Å². The maximum absolute atomic E-state index is 12.6. The summed E-state index contributed by atoms with van der Waals surface area (Å²) >= 11 is 0. The van der Waals surface area contributed by atoms with E-state index in [2.05, 4.69) is 4.98 Å². The van der Waals surface area contributed by atoms with Crippen molar-refractivity contribution in [1.29, 1.82) is 5.26 Å². The van der Waals surface area contributed by atoms with Crippen molar-refractivity contribution >= 4 is 16.6 Å². The number of aromatic amines is 1. The Morgan fingerprint density at radius 2 is 1.95 bits per heavy atom. The van der Waals surface area contributed by atoms with Crippen LogP contribution in [-0.4, -0.2) is 4.98 Å². The summed E-state index contributed by atoms with van der Waals surface area (Å²) in [7, 11) is 0. The minimum absolute atomic E-state index is 0.0481. The number of nitriles is 1. The molecule has 7 heteroatoms. The molecule has 98 valence electrons. The summed E-state index contributed by atoms with van der Waals surface area (Å²) < 4.78 is 37.9. The van der Waals surface area contributed by atoms with E-state index in [1.807, 2.05) is 0 Å². The second-order valence-corrected chi connectivity index (χ2v) is 3.90. The van der Waals surface area contributed by atoms with Gasteiger partial charge in [0.15, 0.2) is 0 Å². The fraction of sp³-hybridized carbons (Fsp3) is 0.0833. The molecular formula is C12H9F3N4. The Labute approximate surface area is 106 Å². The van der Waals surface area contributed by atoms with E-state index in [1.165, 1.54) is 12.3 Å². The van der Waals surface area contributed by atoms with Crippen molar-refractivity contribution in [3.8, 4) is 6.07 Å². The molecule has 1 aromatic heterocycles. The van der Waals surface area contributed by atoms with Crippen molar-refractivity contribution in [3.05, 3.63) is 41.2 Å². The number of allylic oxidation sites excluding steroid dienone is 1. The lowest BCUT2D eigenvalue weighted by molar-refractivity contribution is -0.137. The van der Waals surface area contributed by atoms with Gasteiger partial charge in [-0.05, 0) is 18.2 Å². The number of aromatic nitrogens is 1. The smallest absolute Gasteiger partial charge is 0.396 e. The Kier molecular flexibility index (Phi) is 2.86. The standard InChI is InChI=1S/C12H9F3N4/c13-12(14,15)6-1-2-10-7(3-6)8(5-19-10)11(18)9(17)4-16/h1-3,5,19H,17-18H2/b11-9-. The van der Waals surface area contributed by atoms with Gasteiger partial charge in [0.05, 0.1) is 11.3 Å². The van der Waals surface area contributed by atoms with Gasteiger partial charge >= 0.3 is 6.18 Å². The molecule has 5 N–H and O–H groups in total. The van der Waals surface area contributed by atoms with E-state index in [-0.39, 0.29) is 22.3 Å². The minimum atomic E-state index is -4.44. The predicted molar refractivity (Wildman–Crippen MR) is 64.2 cm³/mol. The molecule has 0 saturated heterocycles. The van der Waals surface area contributed by atoms with E-state index in [0.29, 0.717) is 5.52 Å². The first-order chi connectivity index (χ1) is 8.84. The molecule has 0 amide bonds. The number of rotatable bonds is 1. The summed E-state index contributed by atoms with van der Waals surface area (Å²) in [6.45, 7) is 0. The number of nitrogens with zero attached hydrogens (tertiary/aromatic N) is 1. The van der Waals surface area contributed by atoms with Crippen molar-refractivity contribution < 1.29 is 13.2 Å². The number of hydrogen-bond donors (Lipinski definition) is 3. The third-order valence-corrected chi connectivity index (χ3v) is 2.71. The number of halogens is 3. The van der Waals surface area contributed by atoms with Gasteiger partial charge in [-0.2, -0.15) is 18.4 Å². The van der Waals surface area contributed by atoms with Crippen molar-refractivity contribution in [2.45, 2.75) is 6.18 Å². The molecule has 0 atom stereocenters. The maximum Gasteiger partial charge on any atom is 0.416 e. The summed E-state index contributed by atoms with van der Waals surface area (Å²) in [5, 5.41) is 8.93. The SMILES string of the molecule is N#C/C(N)=C(/N)c1c[nH]c2ccc(C(F)(F)F)cc12. The van der Waals surface area contributed by atoms with Crippen molar-refractivity contribution in [2.75, 3.05) is 0 Å². The highest BCUT2D eigenvalue weighted by Crippen LogP contribution is 2.33. The van der Waals surface area contributed by atoms with Gasteiger partial charge < -0.3 is 16.5 Å². The van der Waals surface area contributed by atoms with Gasteiger partial charge in [0.25, 0.3) is 0 Å². The van der Waals surface area contributed by atoms with Crippen LogP contribution in [0, 0.1) is 11.3 Å². The Bertz CT molecular complexity index is 704. The van der Waals surface area contributed by atoms with Gasteiger partial charge in [-0.15, -0.1) is 0 Å². The van der Waals surface area contributed by atoms with Crippen molar-refractivity contribution in [1.82, 2.24) is 4.98 Å². The summed E-state index contributed by atoms with van der Waals surface area (Å²) in [5.41, 5.74) is 10.7. The lowest BCUT2D eigenvalue weighted by Gasteiger charge is -2.07. The van der Waals surface area contributed by atoms with Gasteiger partial charge in [0, 0.05) is 22.7 Å². The van der Waals surface area contributed by atoms with Crippen LogP contribution < -0.4 is 11.5 Å². The number of fused-ring (bicyclic) bond motifs is 1. The van der Waals surface area contributed by atoms with Crippen LogP contribution in [0.1, 0.15) is 11.1 Å². The molecule has 0 fully saturated rings. The van der Waals surface area contributed by atoms with E-state index < -0.39 is 11.7 Å². The Hall–Kier alpha value is -2.62. The largest absolute Gasteiger partial charge is 0.416 e. The molecule has 0 spiro atoms. The average molecular weight is 266 g/mol. The molecule has 2 aromatic rings. The molecule has 0 bridgehead atoms. The van der Waals surface area contributed by atoms with Crippen molar-refractivity contribution in [3.63, 3.8) is 0 Å². The van der Waals surface area contributed by atoms with Crippen LogP contribution in [-0.2, 0) is 6.18 Å². The van der Waals surface area contributed by atoms with E-state index >= 15 is 0 Å². The van der Waals surface area contributed by atoms with Crippen LogP contribution in [0.2, 0.25) is 0 Å². The number of nitrogens with two attached hydrogens (primary N) is 2. The predicted octanol–water partition coefficient (Wildman–Crippen LogP) is 2.30. The highest BCUT2D eigenvalue weighted by Gasteiger charge is 2.30. The monoisotopic (exact) mass is 266 g/mol. The molecule has 0 unspecified atom stereocenters. The second-order valence-electron chi connectivity index (χ2n) is 3.90. The number of H-pyrrole nitrogens is 1. The first kappa shape index (κ1) is 12.8. The molecule has 1 aromatic carbocycles. The molecule has 0 aliphatic heterocycles. The molecular weight excluding hydrogens is 257 g/mol. The van der Waals surface area contributed by atoms with Crippen LogP contribution in [0.15, 0.2) is 30.1 Å². The van der Waals surface area contributed by atoms with Gasteiger partial charge in [0.1, 0.15) is 11.8 Å². The number of nitrogens with one attached hydrogen (secondary N) is 1. The third-order valence-electron chi connectivity index (χ3n) is 2.71. The van der Waals surface area contributed by atoms with E-state index in [1.54, 1.807) is 6.07 Å². The lowest BCUT2D eigenvalue weighted by Crippen LogP contribution is -2.07. The topological polar surface area (TPSA) is 91.6 Å². The zero-order valence-corrected chi connectivity index (χ0v) is 9.55. The van der Waals surface area contributed by atoms with Crippen LogP contribution in [0.4, 0.5) is 13.2 Å². The Morgan fingerprint density at radius 3 is 2.53 bits per heavy atom. The zero-order valence-electron chi connectivity index (χ0n) is 9.55. The van der Waals surface area contributed by atoms with Crippen LogP contribution in [0.3, 0.4) is 0 Å². The van der Waals surface area contributed by atoms with Crippen LogP contribution >= 0.6 is 0 Å². The highest BCUT2D eigenvalue weighted by molar-refractivity contribution is 5.93. The molecule has 0 aliphatic rings. The molecule has 0 saturated carbocycles. The van der Waals surface area contributed by atoms with Crippen LogP contribution in [0.5, 0.6) is 0 Å². The zero-order chi connectivity index (χ0) is 14.2. The molecule has 19 heavy (non-hydrogen) atoms. The number of hydrogen-bond acceptors (Lipinski definition) is 3. The van der Waals surface area contributed by atoms with Gasteiger partial charge in [-0.3, -0.25) is 0 Å². The molecule has 1 heterocycles. The van der Waals surface area contributed by atoms with Gasteiger partial charge in [0.2, 0.25) is 0 Å². The fourth-order valence-electron chi connectivity index (χ4n) is 1.73. The maximum atomic E-state index is 12.6. The second kappa shape index (κ2) is 4.24. The third kappa shape index (κ3) is 2.20. The Morgan fingerprint density at radius 1 is 1.26 bits per heavy atom. The van der Waals surface area contributed by atoms with Crippen LogP contribution in [0.25, 0.3) is 16.6 Å². The molecule has 2 rings (SSSR count). The molecule has 4 nitrogen and oxygen atoms in total. The first-order valence-corrected chi connectivity index (χ1v) is 5.18. The van der Waals surface area contributed by atoms with E-state index in [4.69, 9.17) is 16.7 Å². The summed E-state index contributed by atoms with van der Waals surface area (Å²) in [6, 6.07) is 4.90. The highest BCUT2D eigenvalue weighted by atomic mass is 19.4. The average Bonchev–Trinajstić information content (AvgIpc) is 2.78. The molecule has 0 aliphatic carbocycles. The van der Waals surface area contributed by atoms with Gasteiger partial charge in [-0.25, -0.2) is 0 Å². The summed E-state index contributed by atoms with van der Waals surface area (Å²) in [6.07, 6.45) is -3.02. The normalized spacial score (nSPS) is 13.2. The number of alkyl halides is 3. The molecule has 0 radical (unpaired) electrons. The first-order valence-electron chi connectivity index (χ1n) is 5.18. The van der Waals surface area contributed by atoms with E-state index in [9.17, 15) is 13.2 Å². The quantitative estimate of drug-likeness (QED) is 0.691. The summed E-state index contributed by atoms with van der Waals surface area (Å²) in [4.78, 5) is 2.78. The van der Waals surface area contributed by atoms with E-state index in [0.717, 1.165) is 12.1 Å². The van der Waals surface area contributed by atoms with Crippen molar-refractivity contribution in [2.24, 2.45) is 11.5 Å². The lowest BCUT2D eigenvalue weighted by atomic mass is 10.1. The Balaban J connectivity index is 2.69. The number of benzene rings is 1.